The summed E-state index contributed by atoms with van der Waals surface area (Å²) in [6.45, 7) is 9.24. The van der Waals surface area contributed by atoms with E-state index in [1.54, 1.807) is 0 Å². The highest BCUT2D eigenvalue weighted by molar-refractivity contribution is 4.51. The SMILES string of the molecule is CCCCCCCNCCC(C)C. The van der Waals surface area contributed by atoms with Crippen LogP contribution in [-0.4, -0.2) is 13.1 Å². The van der Waals surface area contributed by atoms with Crippen LogP contribution in [0.25, 0.3) is 0 Å². The Morgan fingerprint density at radius 1 is 0.923 bits per heavy atom. The van der Waals surface area contributed by atoms with Gasteiger partial charge in [-0.1, -0.05) is 46.5 Å². The molecule has 13 heavy (non-hydrogen) atoms. The molecule has 0 aromatic rings. The van der Waals surface area contributed by atoms with Gasteiger partial charge in [0.05, 0.1) is 0 Å². The minimum atomic E-state index is 0.840. The van der Waals surface area contributed by atoms with Crippen molar-refractivity contribution < 1.29 is 0 Å². The third-order valence-electron chi connectivity index (χ3n) is 2.36. The van der Waals surface area contributed by atoms with E-state index in [1.165, 1.54) is 51.6 Å². The molecule has 0 aliphatic carbocycles. The number of hydrogen-bond acceptors (Lipinski definition) is 1. The average Bonchev–Trinajstić information content (AvgIpc) is 2.09. The summed E-state index contributed by atoms with van der Waals surface area (Å²) < 4.78 is 0. The zero-order chi connectivity index (χ0) is 9.94. The summed E-state index contributed by atoms with van der Waals surface area (Å²) in [6.07, 6.45) is 8.25. The fraction of sp³-hybridized carbons (Fsp3) is 1.00. The lowest BCUT2D eigenvalue weighted by atomic mass is 10.1. The van der Waals surface area contributed by atoms with Crippen LogP contribution >= 0.6 is 0 Å². The third-order valence-corrected chi connectivity index (χ3v) is 2.36. The third kappa shape index (κ3) is 12.0. The molecule has 0 spiro atoms. The zero-order valence-corrected chi connectivity index (χ0v) is 9.73. The quantitative estimate of drug-likeness (QED) is 0.541. The van der Waals surface area contributed by atoms with Gasteiger partial charge in [0.15, 0.2) is 0 Å². The fourth-order valence-electron chi connectivity index (χ4n) is 1.37. The molecular weight excluding hydrogens is 158 g/mol. The second-order valence-electron chi connectivity index (χ2n) is 4.35. The molecule has 0 radical (unpaired) electrons. The molecule has 1 nitrogen and oxygen atoms in total. The lowest BCUT2D eigenvalue weighted by Gasteiger charge is -2.06. The van der Waals surface area contributed by atoms with Crippen molar-refractivity contribution in [1.29, 1.82) is 0 Å². The summed E-state index contributed by atoms with van der Waals surface area (Å²) in [5, 5.41) is 3.49. The predicted molar refractivity (Wildman–Crippen MR) is 61.1 cm³/mol. The van der Waals surface area contributed by atoms with Gasteiger partial charge < -0.3 is 5.32 Å². The van der Waals surface area contributed by atoms with Gasteiger partial charge in [-0.15, -0.1) is 0 Å². The van der Waals surface area contributed by atoms with E-state index in [-0.39, 0.29) is 0 Å². The highest BCUT2D eigenvalue weighted by Crippen LogP contribution is 2.01. The van der Waals surface area contributed by atoms with Crippen LogP contribution in [0.15, 0.2) is 0 Å². The molecule has 0 aromatic heterocycles. The molecule has 0 atom stereocenters. The summed E-state index contributed by atoms with van der Waals surface area (Å²) >= 11 is 0. The summed E-state index contributed by atoms with van der Waals surface area (Å²) in [7, 11) is 0. The normalized spacial score (nSPS) is 11.1. The van der Waals surface area contributed by atoms with Gasteiger partial charge in [0.1, 0.15) is 0 Å². The Kier molecular flexibility index (Phi) is 10.0. The minimum Gasteiger partial charge on any atom is -0.317 e. The molecule has 0 aromatic carbocycles. The molecule has 0 saturated heterocycles. The molecule has 1 heteroatoms. The molecule has 0 saturated carbocycles. The second-order valence-corrected chi connectivity index (χ2v) is 4.35. The van der Waals surface area contributed by atoms with Gasteiger partial charge in [0.25, 0.3) is 0 Å². The maximum Gasteiger partial charge on any atom is -0.00465 e. The van der Waals surface area contributed by atoms with Gasteiger partial charge in [-0.2, -0.15) is 0 Å². The number of unbranched alkanes of at least 4 members (excludes halogenated alkanes) is 4. The Labute approximate surface area is 84.3 Å². The lowest BCUT2D eigenvalue weighted by Crippen LogP contribution is -2.17. The van der Waals surface area contributed by atoms with Crippen LogP contribution in [0.1, 0.15) is 59.3 Å². The van der Waals surface area contributed by atoms with Crippen molar-refractivity contribution in [2.75, 3.05) is 13.1 Å². The average molecular weight is 185 g/mol. The Bertz CT molecular complexity index is 89.1. The van der Waals surface area contributed by atoms with Crippen LogP contribution in [-0.2, 0) is 0 Å². The largest absolute Gasteiger partial charge is 0.317 e. The molecule has 80 valence electrons. The van der Waals surface area contributed by atoms with Gasteiger partial charge in [-0.3, -0.25) is 0 Å². The first kappa shape index (κ1) is 13.0. The Hall–Kier alpha value is -0.0400. The standard InChI is InChI=1S/C12H27N/c1-4-5-6-7-8-10-13-11-9-12(2)3/h12-13H,4-11H2,1-3H3. The van der Waals surface area contributed by atoms with E-state index in [2.05, 4.69) is 26.1 Å². The smallest absolute Gasteiger partial charge is 0.00465 e. The maximum absolute atomic E-state index is 3.49. The van der Waals surface area contributed by atoms with E-state index >= 15 is 0 Å². The summed E-state index contributed by atoms with van der Waals surface area (Å²) in [5.74, 6) is 0.840. The molecule has 0 fully saturated rings. The van der Waals surface area contributed by atoms with Crippen molar-refractivity contribution >= 4 is 0 Å². The van der Waals surface area contributed by atoms with Crippen molar-refractivity contribution in [3.8, 4) is 0 Å². The molecular formula is C12H27N. The van der Waals surface area contributed by atoms with Gasteiger partial charge in [0.2, 0.25) is 0 Å². The highest BCUT2D eigenvalue weighted by Gasteiger charge is 1.93. The van der Waals surface area contributed by atoms with Crippen molar-refractivity contribution in [3.05, 3.63) is 0 Å². The van der Waals surface area contributed by atoms with Crippen molar-refractivity contribution in [2.24, 2.45) is 5.92 Å². The van der Waals surface area contributed by atoms with Crippen molar-refractivity contribution in [2.45, 2.75) is 59.3 Å². The number of hydrogen-bond donors (Lipinski definition) is 1. The minimum absolute atomic E-state index is 0.840. The van der Waals surface area contributed by atoms with Crippen LogP contribution in [0.3, 0.4) is 0 Å². The Morgan fingerprint density at radius 2 is 1.62 bits per heavy atom. The molecule has 0 rings (SSSR count). The van der Waals surface area contributed by atoms with E-state index in [9.17, 15) is 0 Å². The van der Waals surface area contributed by atoms with Crippen LogP contribution in [0, 0.1) is 5.92 Å². The first-order valence-corrected chi connectivity index (χ1v) is 5.98. The lowest BCUT2D eigenvalue weighted by molar-refractivity contribution is 0.520. The van der Waals surface area contributed by atoms with E-state index in [0.29, 0.717) is 0 Å². The fourth-order valence-corrected chi connectivity index (χ4v) is 1.37. The molecule has 0 amide bonds. The first-order chi connectivity index (χ1) is 6.27. The van der Waals surface area contributed by atoms with Crippen LogP contribution in [0.5, 0.6) is 0 Å². The molecule has 0 aliphatic heterocycles. The Balaban J connectivity index is 2.84. The first-order valence-electron chi connectivity index (χ1n) is 5.98. The predicted octanol–water partition coefficient (Wildman–Crippen LogP) is 3.59. The van der Waals surface area contributed by atoms with Gasteiger partial charge in [-0.05, 0) is 31.8 Å². The highest BCUT2D eigenvalue weighted by atomic mass is 14.8. The van der Waals surface area contributed by atoms with E-state index < -0.39 is 0 Å². The van der Waals surface area contributed by atoms with E-state index in [0.717, 1.165) is 5.92 Å². The van der Waals surface area contributed by atoms with Crippen molar-refractivity contribution in [3.63, 3.8) is 0 Å². The van der Waals surface area contributed by atoms with E-state index in [1.807, 2.05) is 0 Å². The summed E-state index contributed by atoms with van der Waals surface area (Å²) in [4.78, 5) is 0. The molecule has 0 unspecified atom stereocenters. The topological polar surface area (TPSA) is 12.0 Å². The van der Waals surface area contributed by atoms with Crippen LogP contribution < -0.4 is 5.32 Å². The van der Waals surface area contributed by atoms with Gasteiger partial charge in [0, 0.05) is 0 Å². The monoisotopic (exact) mass is 185 g/mol. The Morgan fingerprint density at radius 3 is 2.23 bits per heavy atom. The van der Waals surface area contributed by atoms with Crippen LogP contribution in [0.4, 0.5) is 0 Å². The molecule has 0 heterocycles. The van der Waals surface area contributed by atoms with Crippen molar-refractivity contribution in [1.82, 2.24) is 5.32 Å². The van der Waals surface area contributed by atoms with Gasteiger partial charge in [-0.25, -0.2) is 0 Å². The second kappa shape index (κ2) is 10.0. The maximum atomic E-state index is 3.49. The molecule has 0 aliphatic rings. The molecule has 0 bridgehead atoms. The van der Waals surface area contributed by atoms with E-state index in [4.69, 9.17) is 0 Å². The van der Waals surface area contributed by atoms with Gasteiger partial charge >= 0.3 is 0 Å². The van der Waals surface area contributed by atoms with Crippen LogP contribution in [0.2, 0.25) is 0 Å². The summed E-state index contributed by atoms with van der Waals surface area (Å²) in [5.41, 5.74) is 0. The molecule has 1 N–H and O–H groups in total. The summed E-state index contributed by atoms with van der Waals surface area (Å²) in [6, 6.07) is 0. The zero-order valence-electron chi connectivity index (χ0n) is 9.73. The number of rotatable bonds is 9. The number of nitrogens with one attached hydrogen (secondary N) is 1.